The van der Waals surface area contributed by atoms with Gasteiger partial charge in [0.25, 0.3) is 0 Å². The molecule has 0 fully saturated rings. The molecule has 0 saturated heterocycles. The normalized spacial score (nSPS) is 12.0. The lowest BCUT2D eigenvalue weighted by atomic mass is 10.0. The van der Waals surface area contributed by atoms with Gasteiger partial charge in [0, 0.05) is 19.5 Å². The molecule has 0 aromatic heterocycles. The fraction of sp³-hybridized carbons (Fsp3) is 0.333. The van der Waals surface area contributed by atoms with E-state index in [-0.39, 0.29) is 39.6 Å². The maximum absolute atomic E-state index is 14.2. The topological polar surface area (TPSA) is 96.0 Å². The zero-order valence-corrected chi connectivity index (χ0v) is 26.7. The number of halogens is 3. The van der Waals surface area contributed by atoms with Gasteiger partial charge in [-0.05, 0) is 41.8 Å². The Bertz CT molecular complexity index is 1490. The fourth-order valence-corrected chi connectivity index (χ4v) is 5.87. The highest BCUT2D eigenvalue weighted by molar-refractivity contribution is 7.92. The molecule has 8 nitrogen and oxygen atoms in total. The summed E-state index contributed by atoms with van der Waals surface area (Å²) in [6.07, 6.45) is 2.82. The van der Waals surface area contributed by atoms with E-state index in [0.717, 1.165) is 29.0 Å². The number of anilines is 1. The Hall–Kier alpha value is -2.98. The quantitative estimate of drug-likeness (QED) is 0.171. The third kappa shape index (κ3) is 9.26. The largest absolute Gasteiger partial charge is 0.497 e. The first-order valence-electron chi connectivity index (χ1n) is 13.3. The van der Waals surface area contributed by atoms with Gasteiger partial charge in [-0.15, -0.1) is 0 Å². The van der Waals surface area contributed by atoms with E-state index in [2.05, 4.69) is 5.32 Å². The minimum atomic E-state index is -4.03. The zero-order valence-electron chi connectivity index (χ0n) is 23.6. The predicted octanol–water partition coefficient (Wildman–Crippen LogP) is 5.98. The first-order chi connectivity index (χ1) is 19.9. The Morgan fingerprint density at radius 3 is 2.24 bits per heavy atom. The van der Waals surface area contributed by atoms with Crippen molar-refractivity contribution in [3.05, 3.63) is 92.9 Å². The number of hydrogen-bond acceptors (Lipinski definition) is 5. The highest BCUT2D eigenvalue weighted by Crippen LogP contribution is 2.35. The van der Waals surface area contributed by atoms with Crippen LogP contribution < -0.4 is 14.4 Å². The third-order valence-electron chi connectivity index (χ3n) is 6.53. The number of nitrogens with one attached hydrogen (secondary N) is 1. The number of hydrogen-bond donors (Lipinski definition) is 1. The standard InChI is InChI=1S/C30H34Cl3N3O5S/c1-4-5-14-34-30(38)28(16-21-10-7-6-8-11-21)35(19-22-12-9-13-23(15-22)41-2)29(37)20-36(42(3,39)40)27-18-25(32)24(31)17-26(27)33/h6-13,15,17-18,28H,4-5,14,16,19-20H2,1-3H3,(H,34,38)/t28-/m0/s1. The van der Waals surface area contributed by atoms with Gasteiger partial charge in [-0.25, -0.2) is 8.42 Å². The molecular weight excluding hydrogens is 621 g/mol. The van der Waals surface area contributed by atoms with Crippen LogP contribution in [0, 0.1) is 0 Å². The molecule has 3 aromatic rings. The maximum Gasteiger partial charge on any atom is 0.244 e. The SMILES string of the molecule is CCCCNC(=O)[C@H](Cc1ccccc1)N(Cc1cccc(OC)c1)C(=O)CN(c1cc(Cl)c(Cl)cc1Cl)S(C)(=O)=O. The number of unbranched alkanes of at least 4 members (excludes halogenated alkanes) is 1. The molecule has 0 bridgehead atoms. The van der Waals surface area contributed by atoms with Crippen molar-refractivity contribution in [3.63, 3.8) is 0 Å². The van der Waals surface area contributed by atoms with E-state index in [1.54, 1.807) is 18.2 Å². The summed E-state index contributed by atoms with van der Waals surface area (Å²) in [7, 11) is -2.49. The van der Waals surface area contributed by atoms with Crippen molar-refractivity contribution in [1.82, 2.24) is 10.2 Å². The van der Waals surface area contributed by atoms with Crippen molar-refractivity contribution in [3.8, 4) is 5.75 Å². The minimum absolute atomic E-state index is 0.000106. The van der Waals surface area contributed by atoms with E-state index in [4.69, 9.17) is 39.5 Å². The van der Waals surface area contributed by atoms with E-state index in [9.17, 15) is 18.0 Å². The van der Waals surface area contributed by atoms with Gasteiger partial charge in [0.2, 0.25) is 21.8 Å². The smallest absolute Gasteiger partial charge is 0.244 e. The summed E-state index contributed by atoms with van der Waals surface area (Å²) in [6.45, 7) is 1.84. The van der Waals surface area contributed by atoms with Gasteiger partial charge in [0.1, 0.15) is 18.3 Å². The van der Waals surface area contributed by atoms with Gasteiger partial charge in [0.15, 0.2) is 0 Å². The van der Waals surface area contributed by atoms with E-state index in [0.29, 0.717) is 17.9 Å². The molecule has 226 valence electrons. The molecule has 0 aliphatic carbocycles. The van der Waals surface area contributed by atoms with Gasteiger partial charge >= 0.3 is 0 Å². The first-order valence-corrected chi connectivity index (χ1v) is 16.3. The monoisotopic (exact) mass is 653 g/mol. The van der Waals surface area contributed by atoms with Crippen LogP contribution in [-0.4, -0.2) is 57.6 Å². The van der Waals surface area contributed by atoms with Crippen molar-refractivity contribution in [2.75, 3.05) is 30.8 Å². The van der Waals surface area contributed by atoms with Crippen LogP contribution in [0.4, 0.5) is 5.69 Å². The maximum atomic E-state index is 14.2. The van der Waals surface area contributed by atoms with E-state index in [1.807, 2.05) is 43.3 Å². The number of benzene rings is 3. The molecular formula is C30H34Cl3N3O5S. The van der Waals surface area contributed by atoms with Crippen molar-refractivity contribution in [1.29, 1.82) is 0 Å². The summed E-state index contributed by atoms with van der Waals surface area (Å²) in [4.78, 5) is 29.2. The Morgan fingerprint density at radius 2 is 1.60 bits per heavy atom. The highest BCUT2D eigenvalue weighted by atomic mass is 35.5. The molecule has 0 radical (unpaired) electrons. The molecule has 3 rings (SSSR count). The summed E-state index contributed by atoms with van der Waals surface area (Å²) < 4.78 is 32.2. The van der Waals surface area contributed by atoms with E-state index < -0.39 is 28.5 Å². The second kappa shape index (κ2) is 15.5. The predicted molar refractivity (Wildman–Crippen MR) is 169 cm³/mol. The molecule has 0 spiro atoms. The number of carbonyl (C=O) groups is 2. The molecule has 0 saturated carbocycles. The number of ether oxygens (including phenoxy) is 1. The Kier molecular flexibility index (Phi) is 12.4. The van der Waals surface area contributed by atoms with Crippen LogP contribution in [0.25, 0.3) is 0 Å². The van der Waals surface area contributed by atoms with Crippen LogP contribution in [-0.2, 0) is 32.6 Å². The van der Waals surface area contributed by atoms with Crippen LogP contribution in [0.5, 0.6) is 5.75 Å². The summed E-state index contributed by atoms with van der Waals surface area (Å²) in [6, 6.07) is 18.1. The molecule has 1 atom stereocenters. The van der Waals surface area contributed by atoms with Crippen molar-refractivity contribution < 1.29 is 22.7 Å². The molecule has 0 heterocycles. The Labute approximate surface area is 262 Å². The lowest BCUT2D eigenvalue weighted by molar-refractivity contribution is -0.140. The van der Waals surface area contributed by atoms with Crippen molar-refractivity contribution in [2.24, 2.45) is 0 Å². The molecule has 0 aliphatic rings. The number of nitrogens with zero attached hydrogens (tertiary/aromatic N) is 2. The number of sulfonamides is 1. The molecule has 12 heteroatoms. The zero-order chi connectivity index (χ0) is 30.9. The lowest BCUT2D eigenvalue weighted by Crippen LogP contribution is -2.53. The number of methoxy groups -OCH3 is 1. The first kappa shape index (κ1) is 33.5. The fourth-order valence-electron chi connectivity index (χ4n) is 4.33. The van der Waals surface area contributed by atoms with E-state index >= 15 is 0 Å². The molecule has 3 aromatic carbocycles. The molecule has 2 amide bonds. The summed E-state index contributed by atoms with van der Waals surface area (Å²) in [5, 5.41) is 3.15. The minimum Gasteiger partial charge on any atom is -0.497 e. The molecule has 1 N–H and O–H groups in total. The number of amides is 2. The number of carbonyl (C=O) groups excluding carboxylic acids is 2. The van der Waals surface area contributed by atoms with Crippen LogP contribution >= 0.6 is 34.8 Å². The van der Waals surface area contributed by atoms with Gasteiger partial charge in [0.05, 0.1) is 34.1 Å². The second-order valence-electron chi connectivity index (χ2n) is 9.71. The average Bonchev–Trinajstić information content (AvgIpc) is 2.95. The molecule has 0 unspecified atom stereocenters. The van der Waals surface area contributed by atoms with Crippen molar-refractivity contribution in [2.45, 2.75) is 38.8 Å². The van der Waals surface area contributed by atoms with Gasteiger partial charge in [-0.2, -0.15) is 0 Å². The summed E-state index contributed by atoms with van der Waals surface area (Å²) >= 11 is 18.6. The van der Waals surface area contributed by atoms with Crippen LogP contribution in [0.2, 0.25) is 15.1 Å². The third-order valence-corrected chi connectivity index (χ3v) is 8.68. The van der Waals surface area contributed by atoms with Crippen LogP contribution in [0.15, 0.2) is 66.7 Å². The second-order valence-corrected chi connectivity index (χ2v) is 12.8. The summed E-state index contributed by atoms with van der Waals surface area (Å²) in [5.74, 6) is -0.383. The summed E-state index contributed by atoms with van der Waals surface area (Å²) in [5.41, 5.74) is 1.53. The van der Waals surface area contributed by atoms with E-state index in [1.165, 1.54) is 24.1 Å². The highest BCUT2D eigenvalue weighted by Gasteiger charge is 2.33. The van der Waals surface area contributed by atoms with Crippen LogP contribution in [0.1, 0.15) is 30.9 Å². The molecule has 42 heavy (non-hydrogen) atoms. The molecule has 0 aliphatic heterocycles. The van der Waals surface area contributed by atoms with Crippen LogP contribution in [0.3, 0.4) is 0 Å². The van der Waals surface area contributed by atoms with Gasteiger partial charge in [-0.3, -0.25) is 13.9 Å². The van der Waals surface area contributed by atoms with Gasteiger partial charge in [-0.1, -0.05) is 90.6 Å². The Balaban J connectivity index is 2.09. The average molecular weight is 655 g/mol. The van der Waals surface area contributed by atoms with Crippen molar-refractivity contribution >= 4 is 62.3 Å². The van der Waals surface area contributed by atoms with Gasteiger partial charge < -0.3 is 15.0 Å². The number of rotatable bonds is 14. The lowest BCUT2D eigenvalue weighted by Gasteiger charge is -2.33. The Morgan fingerprint density at radius 1 is 0.929 bits per heavy atom.